The minimum absolute atomic E-state index is 0.592. The highest BCUT2D eigenvalue weighted by Crippen LogP contribution is 2.24. The van der Waals surface area contributed by atoms with Crippen molar-refractivity contribution < 1.29 is 0 Å². The summed E-state index contributed by atoms with van der Waals surface area (Å²) in [6, 6.07) is 7.34. The van der Waals surface area contributed by atoms with Gasteiger partial charge in [0.15, 0.2) is 0 Å². The highest BCUT2D eigenvalue weighted by atomic mass is 35.5. The van der Waals surface area contributed by atoms with Gasteiger partial charge in [-0.1, -0.05) is 29.8 Å². The summed E-state index contributed by atoms with van der Waals surface area (Å²) in [7, 11) is 0. The Morgan fingerprint density at radius 3 is 2.71 bits per heavy atom. The second kappa shape index (κ2) is 3.60. The van der Waals surface area contributed by atoms with Crippen LogP contribution in [0.2, 0.25) is 10.0 Å². The van der Waals surface area contributed by atoms with Gasteiger partial charge >= 0.3 is 0 Å². The lowest BCUT2D eigenvalue weighted by molar-refractivity contribution is 1.37. The monoisotopic (exact) mass is 223 g/mol. The van der Waals surface area contributed by atoms with E-state index < -0.39 is 0 Å². The number of pyridine rings is 1. The molecule has 0 N–H and O–H groups in total. The third-order valence-electron chi connectivity index (χ3n) is 1.95. The highest BCUT2D eigenvalue weighted by molar-refractivity contribution is 6.33. The molecule has 1 nitrogen and oxygen atoms in total. The van der Waals surface area contributed by atoms with Gasteiger partial charge in [0.2, 0.25) is 0 Å². The fourth-order valence-corrected chi connectivity index (χ4v) is 1.70. The lowest BCUT2D eigenvalue weighted by Gasteiger charge is -2.01. The molecule has 0 amide bonds. The molecular weight excluding hydrogens is 217 g/mol. The molecule has 0 spiro atoms. The molecule has 1 aromatic heterocycles. The fourth-order valence-electron chi connectivity index (χ4n) is 1.28. The molecule has 70 valence electrons. The number of halogens is 2. The molecule has 0 radical (unpaired) electrons. The Morgan fingerprint density at radius 2 is 2.00 bits per heavy atom. The molecule has 14 heavy (non-hydrogen) atoms. The minimum Gasteiger partial charge on any atom is -0.247 e. The Labute approximate surface area is 92.0 Å². The maximum Gasteiger partial charge on any atom is 0.0817 e. The van der Waals surface area contributed by atoms with Gasteiger partial charge in [-0.15, -0.1) is 0 Å². The zero-order valence-corrected chi connectivity index (χ0v) is 8.81. The van der Waals surface area contributed by atoms with Crippen LogP contribution >= 0.6 is 23.2 Å². The summed E-state index contributed by atoms with van der Waals surface area (Å²) >= 11 is 11.8. The van der Waals surface area contributed by atoms with Gasteiger partial charge in [-0.3, -0.25) is 0 Å². The lowest BCUT2D eigenvalue weighted by Crippen LogP contribution is -1.84. The van der Waals surface area contributed by atoms with Crippen molar-refractivity contribution >= 4 is 40.2 Å². The zero-order chi connectivity index (χ0) is 10.1. The van der Waals surface area contributed by atoms with Crippen molar-refractivity contribution in [1.29, 1.82) is 0 Å². The first-order valence-corrected chi connectivity index (χ1v) is 4.84. The highest BCUT2D eigenvalue weighted by Gasteiger charge is 2.02. The molecule has 1 heterocycles. The first-order valence-electron chi connectivity index (χ1n) is 4.09. The SMILES string of the molecule is C=Cc1nc2ccc(Cl)cc2cc1Cl. The average Bonchev–Trinajstić information content (AvgIpc) is 2.16. The first-order chi connectivity index (χ1) is 6.70. The van der Waals surface area contributed by atoms with Gasteiger partial charge in [0, 0.05) is 10.4 Å². The third-order valence-corrected chi connectivity index (χ3v) is 2.49. The summed E-state index contributed by atoms with van der Waals surface area (Å²) in [5, 5.41) is 2.21. The second-order valence-electron chi connectivity index (χ2n) is 2.90. The van der Waals surface area contributed by atoms with Gasteiger partial charge in [-0.2, -0.15) is 0 Å². The van der Waals surface area contributed by atoms with Crippen LogP contribution in [-0.2, 0) is 0 Å². The number of nitrogens with zero attached hydrogens (tertiary/aromatic N) is 1. The van der Waals surface area contributed by atoms with Crippen LogP contribution in [0, 0.1) is 0 Å². The van der Waals surface area contributed by atoms with Gasteiger partial charge in [0.05, 0.1) is 16.2 Å². The van der Waals surface area contributed by atoms with Crippen LogP contribution in [0.15, 0.2) is 30.8 Å². The van der Waals surface area contributed by atoms with Crippen molar-refractivity contribution in [2.24, 2.45) is 0 Å². The molecule has 0 bridgehead atoms. The van der Waals surface area contributed by atoms with Crippen LogP contribution in [0.1, 0.15) is 5.69 Å². The summed E-state index contributed by atoms with van der Waals surface area (Å²) < 4.78 is 0. The Kier molecular flexibility index (Phi) is 2.44. The Morgan fingerprint density at radius 1 is 1.21 bits per heavy atom. The number of rotatable bonds is 1. The topological polar surface area (TPSA) is 12.9 Å². The lowest BCUT2D eigenvalue weighted by atomic mass is 10.2. The van der Waals surface area contributed by atoms with E-state index in [1.54, 1.807) is 12.1 Å². The third kappa shape index (κ3) is 1.61. The predicted octanol–water partition coefficient (Wildman–Crippen LogP) is 4.18. The molecular formula is C11H7Cl2N. The molecule has 1 aromatic carbocycles. The van der Waals surface area contributed by atoms with Crippen molar-refractivity contribution in [3.8, 4) is 0 Å². The second-order valence-corrected chi connectivity index (χ2v) is 3.74. The largest absolute Gasteiger partial charge is 0.247 e. The summed E-state index contributed by atoms with van der Waals surface area (Å²) in [5.41, 5.74) is 1.56. The van der Waals surface area contributed by atoms with Gasteiger partial charge in [0.25, 0.3) is 0 Å². The van der Waals surface area contributed by atoms with Crippen LogP contribution in [0.5, 0.6) is 0 Å². The quantitative estimate of drug-likeness (QED) is 0.707. The number of hydrogen-bond acceptors (Lipinski definition) is 1. The van der Waals surface area contributed by atoms with Gasteiger partial charge in [-0.25, -0.2) is 4.98 Å². The van der Waals surface area contributed by atoms with Crippen LogP contribution in [0.4, 0.5) is 0 Å². The van der Waals surface area contributed by atoms with Crippen molar-refractivity contribution in [2.75, 3.05) is 0 Å². The van der Waals surface area contributed by atoms with E-state index in [4.69, 9.17) is 23.2 Å². The molecule has 0 aliphatic rings. The van der Waals surface area contributed by atoms with E-state index in [-0.39, 0.29) is 0 Å². The normalized spacial score (nSPS) is 10.4. The van der Waals surface area contributed by atoms with Crippen LogP contribution in [-0.4, -0.2) is 4.98 Å². The summed E-state index contributed by atoms with van der Waals surface area (Å²) in [5.74, 6) is 0. The summed E-state index contributed by atoms with van der Waals surface area (Å²) in [6.45, 7) is 3.64. The van der Waals surface area contributed by atoms with Gasteiger partial charge < -0.3 is 0 Å². The molecule has 0 fully saturated rings. The van der Waals surface area contributed by atoms with Gasteiger partial charge in [0.1, 0.15) is 0 Å². The number of benzene rings is 1. The fraction of sp³-hybridized carbons (Fsp3) is 0. The van der Waals surface area contributed by atoms with Crippen molar-refractivity contribution in [1.82, 2.24) is 4.98 Å². The Hall–Kier alpha value is -1.05. The maximum atomic E-state index is 5.98. The first kappa shape index (κ1) is 9.50. The Balaban J connectivity index is 2.79. The maximum absolute atomic E-state index is 5.98. The minimum atomic E-state index is 0.592. The number of fused-ring (bicyclic) bond motifs is 1. The molecule has 2 rings (SSSR count). The standard InChI is InChI=1S/C11H7Cl2N/c1-2-10-9(13)6-7-5-8(12)3-4-11(7)14-10/h2-6H,1H2. The molecule has 0 aliphatic heterocycles. The van der Waals surface area contributed by atoms with Crippen molar-refractivity contribution in [2.45, 2.75) is 0 Å². The summed E-state index contributed by atoms with van der Waals surface area (Å²) in [4.78, 5) is 4.33. The van der Waals surface area contributed by atoms with E-state index in [0.29, 0.717) is 15.7 Å². The molecule has 0 saturated heterocycles. The summed E-state index contributed by atoms with van der Waals surface area (Å²) in [6.07, 6.45) is 1.64. The molecule has 3 heteroatoms. The van der Waals surface area contributed by atoms with Crippen LogP contribution in [0.25, 0.3) is 17.0 Å². The average molecular weight is 224 g/mol. The molecule has 0 aliphatic carbocycles. The van der Waals surface area contributed by atoms with E-state index in [2.05, 4.69) is 11.6 Å². The van der Waals surface area contributed by atoms with E-state index in [1.165, 1.54) is 0 Å². The van der Waals surface area contributed by atoms with E-state index >= 15 is 0 Å². The van der Waals surface area contributed by atoms with Crippen LogP contribution < -0.4 is 0 Å². The number of hydrogen-bond donors (Lipinski definition) is 0. The van der Waals surface area contributed by atoms with E-state index in [1.807, 2.05) is 18.2 Å². The van der Waals surface area contributed by atoms with E-state index in [9.17, 15) is 0 Å². The van der Waals surface area contributed by atoms with Crippen molar-refractivity contribution in [3.63, 3.8) is 0 Å². The van der Waals surface area contributed by atoms with E-state index in [0.717, 1.165) is 10.9 Å². The van der Waals surface area contributed by atoms with Crippen LogP contribution in [0.3, 0.4) is 0 Å². The van der Waals surface area contributed by atoms with Gasteiger partial charge in [-0.05, 0) is 30.3 Å². The molecule has 2 aromatic rings. The number of aromatic nitrogens is 1. The molecule has 0 atom stereocenters. The predicted molar refractivity (Wildman–Crippen MR) is 61.9 cm³/mol. The molecule has 0 saturated carbocycles. The smallest absolute Gasteiger partial charge is 0.0817 e. The molecule has 0 unspecified atom stereocenters. The van der Waals surface area contributed by atoms with Crippen molar-refractivity contribution in [3.05, 3.63) is 46.6 Å². The zero-order valence-electron chi connectivity index (χ0n) is 7.30. The Bertz CT molecular complexity index is 506.